The van der Waals surface area contributed by atoms with Crippen molar-refractivity contribution < 1.29 is 23.8 Å². The van der Waals surface area contributed by atoms with E-state index in [0.29, 0.717) is 17.5 Å². The second kappa shape index (κ2) is 6.01. The highest BCUT2D eigenvalue weighted by molar-refractivity contribution is 5.66. The smallest absolute Gasteiger partial charge is 0.405 e. The van der Waals surface area contributed by atoms with Crippen LogP contribution in [0.3, 0.4) is 0 Å². The minimum Gasteiger partial charge on any atom is -0.497 e. The van der Waals surface area contributed by atoms with Gasteiger partial charge in [0.1, 0.15) is 17.6 Å². The van der Waals surface area contributed by atoms with E-state index >= 15 is 0 Å². The highest BCUT2D eigenvalue weighted by atomic mass is 16.6. The maximum atomic E-state index is 10.9. The lowest BCUT2D eigenvalue weighted by atomic mass is 10.0. The number of hydrogen-bond acceptors (Lipinski definition) is 4. The zero-order valence-corrected chi connectivity index (χ0v) is 11.1. The first-order chi connectivity index (χ1) is 9.63. The zero-order chi connectivity index (χ0) is 14.5. The number of benzene rings is 1. The maximum Gasteiger partial charge on any atom is 0.405 e. The Bertz CT molecular complexity index is 576. The minimum absolute atomic E-state index is 0.325. The summed E-state index contributed by atoms with van der Waals surface area (Å²) < 4.78 is 15.5. The number of rotatable bonds is 5. The summed E-state index contributed by atoms with van der Waals surface area (Å²) in [6, 6.07) is 9.75. The zero-order valence-electron chi connectivity index (χ0n) is 11.1. The molecule has 0 bridgehead atoms. The Hall–Kier alpha value is -2.63. The summed E-state index contributed by atoms with van der Waals surface area (Å²) in [4.78, 5) is 10.9. The standard InChI is InChI=1S/C14H15NO5/c1-18-10-5-3-9(4-6-10)13(15-14(16)17)11-7-8-12(19-2)20-11/h3-8,13,15H,1-2H3,(H,16,17). The number of nitrogens with one attached hydrogen (secondary N) is 1. The number of furan rings is 1. The Labute approximate surface area is 115 Å². The third-order valence-electron chi connectivity index (χ3n) is 2.80. The van der Waals surface area contributed by atoms with Gasteiger partial charge >= 0.3 is 6.09 Å². The Balaban J connectivity index is 2.32. The summed E-state index contributed by atoms with van der Waals surface area (Å²) in [5.41, 5.74) is 0.741. The van der Waals surface area contributed by atoms with Crippen LogP contribution in [0.15, 0.2) is 40.8 Å². The summed E-state index contributed by atoms with van der Waals surface area (Å²) in [7, 11) is 3.05. The van der Waals surface area contributed by atoms with Gasteiger partial charge in [-0.15, -0.1) is 0 Å². The third kappa shape index (κ3) is 3.03. The fourth-order valence-corrected chi connectivity index (χ4v) is 1.84. The van der Waals surface area contributed by atoms with Crippen LogP contribution in [0, 0.1) is 0 Å². The molecule has 1 atom stereocenters. The lowest BCUT2D eigenvalue weighted by Crippen LogP contribution is -2.27. The molecular formula is C14H15NO5. The van der Waals surface area contributed by atoms with Crippen molar-refractivity contribution in [2.45, 2.75) is 6.04 Å². The highest BCUT2D eigenvalue weighted by Crippen LogP contribution is 2.28. The molecule has 6 nitrogen and oxygen atoms in total. The van der Waals surface area contributed by atoms with Crippen LogP contribution in [0.2, 0.25) is 0 Å². The first kappa shape index (κ1) is 13.8. The Morgan fingerprint density at radius 3 is 2.35 bits per heavy atom. The SMILES string of the molecule is COc1ccc(C(NC(=O)O)c2ccc(OC)o2)cc1. The van der Waals surface area contributed by atoms with Crippen LogP contribution < -0.4 is 14.8 Å². The highest BCUT2D eigenvalue weighted by Gasteiger charge is 2.20. The molecule has 0 saturated heterocycles. The first-order valence-electron chi connectivity index (χ1n) is 5.91. The van der Waals surface area contributed by atoms with E-state index < -0.39 is 12.1 Å². The molecule has 0 aliphatic rings. The number of ether oxygens (including phenoxy) is 2. The molecule has 1 aromatic carbocycles. The molecule has 2 rings (SSSR count). The summed E-state index contributed by atoms with van der Waals surface area (Å²) in [6.45, 7) is 0. The van der Waals surface area contributed by atoms with E-state index in [1.165, 1.54) is 7.11 Å². The largest absolute Gasteiger partial charge is 0.497 e. The second-order valence-electron chi connectivity index (χ2n) is 4.02. The van der Waals surface area contributed by atoms with E-state index in [1.54, 1.807) is 43.5 Å². The molecule has 0 aliphatic heterocycles. The van der Waals surface area contributed by atoms with Crippen molar-refractivity contribution >= 4 is 6.09 Å². The van der Waals surface area contributed by atoms with E-state index in [9.17, 15) is 4.79 Å². The molecule has 0 saturated carbocycles. The summed E-state index contributed by atoms with van der Waals surface area (Å²) in [5.74, 6) is 1.47. The molecule has 0 fully saturated rings. The van der Waals surface area contributed by atoms with Crippen LogP contribution in [0.5, 0.6) is 11.7 Å². The number of carbonyl (C=O) groups is 1. The van der Waals surface area contributed by atoms with Crippen LogP contribution in [-0.4, -0.2) is 25.4 Å². The van der Waals surface area contributed by atoms with Crippen LogP contribution >= 0.6 is 0 Å². The Morgan fingerprint density at radius 2 is 1.85 bits per heavy atom. The molecule has 106 valence electrons. The summed E-state index contributed by atoms with van der Waals surface area (Å²) in [6.07, 6.45) is -1.14. The van der Waals surface area contributed by atoms with Crippen LogP contribution in [0.4, 0.5) is 4.79 Å². The fourth-order valence-electron chi connectivity index (χ4n) is 1.84. The molecule has 1 unspecified atom stereocenters. The van der Waals surface area contributed by atoms with Gasteiger partial charge in [0.25, 0.3) is 5.95 Å². The van der Waals surface area contributed by atoms with Gasteiger partial charge in [-0.05, 0) is 23.8 Å². The predicted octanol–water partition coefficient (Wildman–Crippen LogP) is 2.65. The van der Waals surface area contributed by atoms with Crippen molar-refractivity contribution in [3.63, 3.8) is 0 Å². The molecule has 0 spiro atoms. The first-order valence-corrected chi connectivity index (χ1v) is 5.91. The van der Waals surface area contributed by atoms with E-state index in [0.717, 1.165) is 5.56 Å². The van der Waals surface area contributed by atoms with E-state index in [1.807, 2.05) is 0 Å². The van der Waals surface area contributed by atoms with Crippen molar-refractivity contribution in [1.29, 1.82) is 0 Å². The molecule has 6 heteroatoms. The van der Waals surface area contributed by atoms with E-state index in [4.69, 9.17) is 19.0 Å². The van der Waals surface area contributed by atoms with Crippen molar-refractivity contribution in [3.8, 4) is 11.7 Å². The Kier molecular flexibility index (Phi) is 4.14. The topological polar surface area (TPSA) is 80.9 Å². The van der Waals surface area contributed by atoms with Crippen LogP contribution in [0.1, 0.15) is 17.4 Å². The van der Waals surface area contributed by atoms with Gasteiger partial charge in [0.2, 0.25) is 0 Å². The molecule has 0 radical (unpaired) electrons. The third-order valence-corrected chi connectivity index (χ3v) is 2.80. The number of methoxy groups -OCH3 is 2. The number of carboxylic acid groups (broad SMARTS) is 1. The molecule has 20 heavy (non-hydrogen) atoms. The quantitative estimate of drug-likeness (QED) is 0.878. The van der Waals surface area contributed by atoms with Gasteiger partial charge in [-0.2, -0.15) is 0 Å². The van der Waals surface area contributed by atoms with Gasteiger partial charge in [0.15, 0.2) is 0 Å². The second-order valence-corrected chi connectivity index (χ2v) is 4.02. The average Bonchev–Trinajstić information content (AvgIpc) is 2.93. The maximum absolute atomic E-state index is 10.9. The average molecular weight is 277 g/mol. The fraction of sp³-hybridized carbons (Fsp3) is 0.214. The summed E-state index contributed by atoms with van der Waals surface area (Å²) >= 11 is 0. The van der Waals surface area contributed by atoms with Gasteiger partial charge in [-0.1, -0.05) is 12.1 Å². The lowest BCUT2D eigenvalue weighted by molar-refractivity contribution is 0.189. The molecular weight excluding hydrogens is 262 g/mol. The summed E-state index contributed by atoms with van der Waals surface area (Å²) in [5, 5.41) is 11.4. The van der Waals surface area contributed by atoms with Gasteiger partial charge in [0, 0.05) is 6.07 Å². The van der Waals surface area contributed by atoms with Gasteiger partial charge in [0.05, 0.1) is 14.2 Å². The number of amides is 1. The van der Waals surface area contributed by atoms with E-state index in [2.05, 4.69) is 5.32 Å². The lowest BCUT2D eigenvalue weighted by Gasteiger charge is -2.15. The van der Waals surface area contributed by atoms with Crippen molar-refractivity contribution in [1.82, 2.24) is 5.32 Å². The molecule has 1 heterocycles. The normalized spacial score (nSPS) is 11.7. The van der Waals surface area contributed by atoms with Crippen LogP contribution in [0.25, 0.3) is 0 Å². The number of hydrogen-bond donors (Lipinski definition) is 2. The van der Waals surface area contributed by atoms with Crippen LogP contribution in [-0.2, 0) is 0 Å². The van der Waals surface area contributed by atoms with Crippen molar-refractivity contribution in [2.75, 3.05) is 14.2 Å². The van der Waals surface area contributed by atoms with Gasteiger partial charge in [-0.25, -0.2) is 4.79 Å². The van der Waals surface area contributed by atoms with E-state index in [-0.39, 0.29) is 0 Å². The van der Waals surface area contributed by atoms with Crippen molar-refractivity contribution in [3.05, 3.63) is 47.7 Å². The van der Waals surface area contributed by atoms with Crippen molar-refractivity contribution in [2.24, 2.45) is 0 Å². The molecule has 1 aromatic heterocycles. The molecule has 2 N–H and O–H groups in total. The van der Waals surface area contributed by atoms with Gasteiger partial charge < -0.3 is 24.3 Å². The minimum atomic E-state index is -1.14. The molecule has 2 aromatic rings. The Morgan fingerprint density at radius 1 is 1.15 bits per heavy atom. The predicted molar refractivity (Wildman–Crippen MR) is 71.3 cm³/mol. The molecule has 1 amide bonds. The monoisotopic (exact) mass is 277 g/mol. The molecule has 0 aliphatic carbocycles. The van der Waals surface area contributed by atoms with Gasteiger partial charge in [-0.3, -0.25) is 0 Å².